The molecule has 0 unspecified atom stereocenters. The van der Waals surface area contributed by atoms with Crippen molar-refractivity contribution in [3.05, 3.63) is 24.1 Å². The van der Waals surface area contributed by atoms with Crippen LogP contribution in [0.15, 0.2) is 16.8 Å². The lowest BCUT2D eigenvalue weighted by molar-refractivity contribution is 0.286. The Morgan fingerprint density at radius 2 is 2.21 bits per heavy atom. The lowest BCUT2D eigenvalue weighted by atomic mass is 10.2. The zero-order chi connectivity index (χ0) is 17.1. The highest BCUT2D eigenvalue weighted by atomic mass is 19.1. The number of hydrogen-bond donors (Lipinski definition) is 0. The topological polar surface area (TPSA) is 63.2 Å². The van der Waals surface area contributed by atoms with Crippen molar-refractivity contribution in [3.8, 4) is 0 Å². The number of aryl methyl sites for hydroxylation is 3. The first kappa shape index (κ1) is 16.9. The molecule has 2 atom stereocenters. The van der Waals surface area contributed by atoms with E-state index in [0.29, 0.717) is 24.9 Å². The highest BCUT2D eigenvalue weighted by molar-refractivity contribution is 5.30. The van der Waals surface area contributed by atoms with Gasteiger partial charge in [-0.3, -0.25) is 0 Å². The van der Waals surface area contributed by atoms with Crippen molar-refractivity contribution in [2.75, 3.05) is 31.6 Å². The molecule has 8 heteroatoms. The molecule has 2 aromatic heterocycles. The zero-order valence-corrected chi connectivity index (χ0v) is 14.5. The van der Waals surface area contributed by atoms with Crippen LogP contribution >= 0.6 is 0 Å². The second-order valence-corrected chi connectivity index (χ2v) is 6.53. The van der Waals surface area contributed by atoms with Crippen LogP contribution in [0.5, 0.6) is 0 Å². The summed E-state index contributed by atoms with van der Waals surface area (Å²) in [6.07, 6.45) is 4.51. The minimum absolute atomic E-state index is 0.0693. The van der Waals surface area contributed by atoms with Gasteiger partial charge < -0.3 is 18.8 Å². The minimum atomic E-state index is -0.843. The summed E-state index contributed by atoms with van der Waals surface area (Å²) in [6.45, 7) is 6.76. The maximum absolute atomic E-state index is 13.9. The van der Waals surface area contributed by atoms with Gasteiger partial charge in [-0.15, -0.1) is 5.10 Å². The fourth-order valence-electron chi connectivity index (χ4n) is 3.27. The van der Waals surface area contributed by atoms with Crippen molar-refractivity contribution in [1.82, 2.24) is 24.6 Å². The van der Waals surface area contributed by atoms with E-state index >= 15 is 0 Å². The van der Waals surface area contributed by atoms with Crippen LogP contribution in [-0.2, 0) is 6.54 Å². The van der Waals surface area contributed by atoms with E-state index in [-0.39, 0.29) is 6.04 Å². The van der Waals surface area contributed by atoms with Gasteiger partial charge in [-0.2, -0.15) is 0 Å². The van der Waals surface area contributed by atoms with E-state index in [1.165, 1.54) is 0 Å². The number of alkyl halides is 1. The third-order valence-electron chi connectivity index (χ3n) is 4.51. The van der Waals surface area contributed by atoms with Gasteiger partial charge in [0.2, 0.25) is 5.89 Å². The third kappa shape index (κ3) is 3.92. The van der Waals surface area contributed by atoms with Crippen molar-refractivity contribution < 1.29 is 8.81 Å². The summed E-state index contributed by atoms with van der Waals surface area (Å²) in [5, 5.41) is 7.89. The van der Waals surface area contributed by atoms with Crippen LogP contribution in [0.2, 0.25) is 0 Å². The van der Waals surface area contributed by atoms with Crippen LogP contribution in [0.4, 0.5) is 10.4 Å². The Balaban J connectivity index is 1.50. The number of nitrogens with zero attached hydrogens (tertiary/aromatic N) is 6. The first-order valence-electron chi connectivity index (χ1n) is 8.40. The maximum atomic E-state index is 13.9. The average Bonchev–Trinajstić information content (AvgIpc) is 3.21. The van der Waals surface area contributed by atoms with E-state index in [2.05, 4.69) is 31.7 Å². The smallest absolute Gasteiger partial charge is 0.318 e. The van der Waals surface area contributed by atoms with Crippen LogP contribution in [0.1, 0.15) is 24.6 Å². The molecule has 0 aliphatic carbocycles. The number of rotatable bonds is 7. The molecule has 2 aromatic rings. The van der Waals surface area contributed by atoms with Gasteiger partial charge in [0.15, 0.2) is 0 Å². The molecule has 0 N–H and O–H groups in total. The molecule has 0 amide bonds. The molecular weight excluding hydrogens is 311 g/mol. The van der Waals surface area contributed by atoms with Crippen molar-refractivity contribution in [1.29, 1.82) is 0 Å². The summed E-state index contributed by atoms with van der Waals surface area (Å²) >= 11 is 0. The van der Waals surface area contributed by atoms with Crippen LogP contribution < -0.4 is 4.90 Å². The molecule has 1 aliphatic rings. The van der Waals surface area contributed by atoms with Gasteiger partial charge in [0.05, 0.1) is 6.54 Å². The first-order valence-corrected chi connectivity index (χ1v) is 8.40. The molecule has 3 rings (SSSR count). The van der Waals surface area contributed by atoms with E-state index < -0.39 is 6.17 Å². The van der Waals surface area contributed by atoms with Gasteiger partial charge >= 0.3 is 6.01 Å². The number of imidazole rings is 1. The second kappa shape index (κ2) is 7.29. The molecule has 1 fully saturated rings. The Labute approximate surface area is 141 Å². The minimum Gasteiger partial charge on any atom is -0.408 e. The Hall–Kier alpha value is -1.96. The van der Waals surface area contributed by atoms with E-state index in [1.54, 1.807) is 6.92 Å². The molecule has 24 heavy (non-hydrogen) atoms. The summed E-state index contributed by atoms with van der Waals surface area (Å²) in [5.41, 5.74) is 0. The lowest BCUT2D eigenvalue weighted by Crippen LogP contribution is -2.39. The Kier molecular flexibility index (Phi) is 5.13. The van der Waals surface area contributed by atoms with Gasteiger partial charge in [-0.1, -0.05) is 5.10 Å². The quantitative estimate of drug-likeness (QED) is 0.768. The van der Waals surface area contributed by atoms with E-state index in [4.69, 9.17) is 4.42 Å². The van der Waals surface area contributed by atoms with Gasteiger partial charge in [0.1, 0.15) is 12.0 Å². The van der Waals surface area contributed by atoms with Crippen molar-refractivity contribution >= 4 is 6.01 Å². The zero-order valence-electron chi connectivity index (χ0n) is 14.5. The molecule has 1 aliphatic heterocycles. The van der Waals surface area contributed by atoms with E-state index in [1.807, 2.05) is 24.2 Å². The van der Waals surface area contributed by atoms with E-state index in [9.17, 15) is 4.39 Å². The van der Waals surface area contributed by atoms with E-state index in [0.717, 1.165) is 31.9 Å². The molecule has 0 radical (unpaired) electrons. The van der Waals surface area contributed by atoms with Crippen molar-refractivity contribution in [3.63, 3.8) is 0 Å². The number of likely N-dealkylation sites (N-methyl/N-ethyl adjacent to an activating group) is 1. The summed E-state index contributed by atoms with van der Waals surface area (Å²) in [7, 11) is 2.07. The van der Waals surface area contributed by atoms with Gasteiger partial charge in [0, 0.05) is 44.9 Å². The third-order valence-corrected chi connectivity index (χ3v) is 4.51. The molecule has 0 spiro atoms. The van der Waals surface area contributed by atoms with Crippen LogP contribution in [0.25, 0.3) is 0 Å². The number of halogens is 1. The predicted molar refractivity (Wildman–Crippen MR) is 88.8 cm³/mol. The van der Waals surface area contributed by atoms with Crippen molar-refractivity contribution in [2.45, 2.75) is 45.4 Å². The summed E-state index contributed by atoms with van der Waals surface area (Å²) in [4.78, 5) is 8.37. The average molecular weight is 336 g/mol. The molecule has 7 nitrogen and oxygen atoms in total. The first-order chi connectivity index (χ1) is 11.5. The fourth-order valence-corrected chi connectivity index (χ4v) is 3.27. The normalized spacial score (nSPS) is 21.1. The number of anilines is 1. The molecule has 0 bridgehead atoms. The molecular formula is C16H25FN6O. The predicted octanol–water partition coefficient (Wildman–Crippen LogP) is 1.82. The molecule has 132 valence electrons. The molecule has 1 saturated heterocycles. The monoisotopic (exact) mass is 336 g/mol. The maximum Gasteiger partial charge on any atom is 0.318 e. The highest BCUT2D eigenvalue weighted by Gasteiger charge is 2.35. The Bertz CT molecular complexity index is 657. The van der Waals surface area contributed by atoms with Gasteiger partial charge in [-0.25, -0.2) is 9.37 Å². The second-order valence-electron chi connectivity index (χ2n) is 6.53. The largest absolute Gasteiger partial charge is 0.408 e. The highest BCUT2D eigenvalue weighted by Crippen LogP contribution is 2.26. The molecule has 0 aromatic carbocycles. The van der Waals surface area contributed by atoms with Gasteiger partial charge in [0.25, 0.3) is 0 Å². The number of hydrogen-bond acceptors (Lipinski definition) is 6. The molecule has 0 saturated carbocycles. The van der Waals surface area contributed by atoms with Gasteiger partial charge in [-0.05, 0) is 26.9 Å². The summed E-state index contributed by atoms with van der Waals surface area (Å²) in [5.74, 6) is 1.54. The van der Waals surface area contributed by atoms with Crippen molar-refractivity contribution in [2.24, 2.45) is 0 Å². The van der Waals surface area contributed by atoms with Crippen LogP contribution in [0.3, 0.4) is 0 Å². The van der Waals surface area contributed by atoms with Crippen LogP contribution in [0, 0.1) is 13.8 Å². The Morgan fingerprint density at radius 3 is 2.88 bits per heavy atom. The standard InChI is InChI=1S/C16H25FN6O/c1-12-18-5-8-22(12)7-4-6-21(3)11-15-9-14(17)10-23(15)16-20-19-13(2)24-16/h5,8,14-15H,4,6-7,9-11H2,1-3H3/t14-,15-/m0/s1. The summed E-state index contributed by atoms with van der Waals surface area (Å²) in [6, 6.07) is 0.500. The summed E-state index contributed by atoms with van der Waals surface area (Å²) < 4.78 is 21.5. The Morgan fingerprint density at radius 1 is 1.38 bits per heavy atom. The van der Waals surface area contributed by atoms with Crippen LogP contribution in [-0.4, -0.2) is 63.5 Å². The SMILES string of the molecule is Cc1nnc(N2C[C@@H](F)C[C@H]2CN(C)CCCn2ccnc2C)o1. The number of aromatic nitrogens is 4. The molecule has 3 heterocycles. The lowest BCUT2D eigenvalue weighted by Gasteiger charge is -2.27. The fraction of sp³-hybridized carbons (Fsp3) is 0.688.